The zero-order valence-corrected chi connectivity index (χ0v) is 8.59. The Balaban J connectivity index is 2.44. The fourth-order valence-corrected chi connectivity index (χ4v) is 1.38. The van der Waals surface area contributed by atoms with Gasteiger partial charge in [-0.15, -0.1) is 0 Å². The van der Waals surface area contributed by atoms with Crippen LogP contribution in [0.25, 0.3) is 5.69 Å². The number of rotatable bonds is 2. The van der Waals surface area contributed by atoms with Gasteiger partial charge in [-0.2, -0.15) is 5.10 Å². The van der Waals surface area contributed by atoms with Gasteiger partial charge in [0.1, 0.15) is 17.2 Å². The molecule has 0 atom stereocenters. The molecule has 1 aromatic carbocycles. The number of nitrogens with zero attached hydrogens (tertiary/aromatic N) is 2. The molecule has 0 saturated carbocycles. The average Bonchev–Trinajstić information content (AvgIpc) is 2.71. The lowest BCUT2D eigenvalue weighted by atomic mass is 10.3. The monoisotopic (exact) mass is 236 g/mol. The molecular weight excluding hydrogens is 227 g/mol. The predicted octanol–water partition coefficient (Wildman–Crippen LogP) is 0.713. The van der Waals surface area contributed by atoms with Gasteiger partial charge in [-0.05, 0) is 24.3 Å². The number of halogens is 1. The van der Waals surface area contributed by atoms with Gasteiger partial charge in [0.05, 0.1) is 11.9 Å². The van der Waals surface area contributed by atoms with E-state index in [1.807, 2.05) is 0 Å². The highest BCUT2D eigenvalue weighted by atomic mass is 19.1. The standard InChI is InChI=1S/C10H9FN4O2/c11-6-1-3-7(4-2-6)15-9(12)8(5-13-15)10(16)14-17/h1-5,17H,12H2,(H,14,16). The first-order chi connectivity index (χ1) is 8.13. The molecule has 7 heteroatoms. The molecule has 2 aromatic rings. The second kappa shape index (κ2) is 4.22. The number of amides is 1. The van der Waals surface area contributed by atoms with Gasteiger partial charge in [-0.1, -0.05) is 0 Å². The van der Waals surface area contributed by atoms with Gasteiger partial charge >= 0.3 is 0 Å². The molecule has 0 radical (unpaired) electrons. The van der Waals surface area contributed by atoms with Crippen molar-refractivity contribution in [2.24, 2.45) is 0 Å². The first kappa shape index (κ1) is 11.1. The quantitative estimate of drug-likeness (QED) is 0.529. The second-order valence-electron chi connectivity index (χ2n) is 3.27. The molecule has 6 nitrogen and oxygen atoms in total. The van der Waals surface area contributed by atoms with Crippen LogP contribution >= 0.6 is 0 Å². The number of nitrogen functional groups attached to an aromatic ring is 1. The summed E-state index contributed by atoms with van der Waals surface area (Å²) in [4.78, 5) is 11.2. The van der Waals surface area contributed by atoms with E-state index >= 15 is 0 Å². The van der Waals surface area contributed by atoms with E-state index in [2.05, 4.69) is 5.10 Å². The van der Waals surface area contributed by atoms with Crippen molar-refractivity contribution in [1.82, 2.24) is 15.3 Å². The number of hydrogen-bond donors (Lipinski definition) is 3. The van der Waals surface area contributed by atoms with Gasteiger partial charge in [0.25, 0.3) is 5.91 Å². The lowest BCUT2D eigenvalue weighted by Gasteiger charge is -2.04. The van der Waals surface area contributed by atoms with Gasteiger partial charge in [0, 0.05) is 0 Å². The van der Waals surface area contributed by atoms with E-state index in [0.29, 0.717) is 5.69 Å². The first-order valence-electron chi connectivity index (χ1n) is 4.67. The van der Waals surface area contributed by atoms with Gasteiger partial charge in [0.15, 0.2) is 0 Å². The number of nitrogens with two attached hydrogens (primary N) is 1. The summed E-state index contributed by atoms with van der Waals surface area (Å²) >= 11 is 0. The highest BCUT2D eigenvalue weighted by Crippen LogP contribution is 2.17. The maximum atomic E-state index is 12.7. The zero-order chi connectivity index (χ0) is 12.4. The van der Waals surface area contributed by atoms with Gasteiger partial charge < -0.3 is 5.73 Å². The molecule has 1 amide bonds. The number of hydroxylamine groups is 1. The van der Waals surface area contributed by atoms with E-state index in [1.165, 1.54) is 40.6 Å². The van der Waals surface area contributed by atoms with Crippen molar-refractivity contribution in [3.8, 4) is 5.69 Å². The van der Waals surface area contributed by atoms with Crippen LogP contribution < -0.4 is 11.2 Å². The molecule has 0 spiro atoms. The Bertz CT molecular complexity index is 550. The van der Waals surface area contributed by atoms with Crippen LogP contribution in [0.4, 0.5) is 10.2 Å². The molecule has 0 aliphatic carbocycles. The molecule has 17 heavy (non-hydrogen) atoms. The van der Waals surface area contributed by atoms with Crippen LogP contribution in [0, 0.1) is 5.82 Å². The minimum Gasteiger partial charge on any atom is -0.383 e. The molecule has 0 aliphatic heterocycles. The maximum absolute atomic E-state index is 12.7. The number of hydrogen-bond acceptors (Lipinski definition) is 4. The minimum atomic E-state index is -0.754. The highest BCUT2D eigenvalue weighted by molar-refractivity contribution is 5.97. The summed E-state index contributed by atoms with van der Waals surface area (Å²) in [6, 6.07) is 5.45. The van der Waals surface area contributed by atoms with E-state index < -0.39 is 5.91 Å². The predicted molar refractivity (Wildman–Crippen MR) is 57.2 cm³/mol. The van der Waals surface area contributed by atoms with Crippen LogP contribution in [0.1, 0.15) is 10.4 Å². The molecule has 0 fully saturated rings. The normalized spacial score (nSPS) is 10.2. The lowest BCUT2D eigenvalue weighted by Crippen LogP contribution is -2.19. The Kier molecular flexibility index (Phi) is 2.75. The lowest BCUT2D eigenvalue weighted by molar-refractivity contribution is 0.0707. The molecule has 2 rings (SSSR count). The van der Waals surface area contributed by atoms with E-state index in [1.54, 1.807) is 0 Å². The summed E-state index contributed by atoms with van der Waals surface area (Å²) in [6.45, 7) is 0. The molecule has 0 saturated heterocycles. The van der Waals surface area contributed by atoms with Crippen molar-refractivity contribution in [2.45, 2.75) is 0 Å². The Morgan fingerprint density at radius 2 is 2.06 bits per heavy atom. The largest absolute Gasteiger partial charge is 0.383 e. The Labute approximate surface area is 95.4 Å². The van der Waals surface area contributed by atoms with Crippen molar-refractivity contribution < 1.29 is 14.4 Å². The highest BCUT2D eigenvalue weighted by Gasteiger charge is 2.15. The third-order valence-electron chi connectivity index (χ3n) is 2.22. The summed E-state index contributed by atoms with van der Waals surface area (Å²) < 4.78 is 14.0. The van der Waals surface area contributed by atoms with Crippen molar-refractivity contribution in [1.29, 1.82) is 0 Å². The van der Waals surface area contributed by atoms with E-state index in [9.17, 15) is 9.18 Å². The fourth-order valence-electron chi connectivity index (χ4n) is 1.38. The Hall–Kier alpha value is -2.41. The minimum absolute atomic E-state index is 0.0387. The third-order valence-corrected chi connectivity index (χ3v) is 2.22. The number of carbonyl (C=O) groups excluding carboxylic acids is 1. The van der Waals surface area contributed by atoms with E-state index in [0.717, 1.165) is 0 Å². The van der Waals surface area contributed by atoms with Crippen LogP contribution in [0.3, 0.4) is 0 Å². The number of aromatic nitrogens is 2. The van der Waals surface area contributed by atoms with Crippen LogP contribution in [-0.2, 0) is 0 Å². The zero-order valence-electron chi connectivity index (χ0n) is 8.59. The number of nitrogens with one attached hydrogen (secondary N) is 1. The molecule has 0 bridgehead atoms. The van der Waals surface area contributed by atoms with Crippen LogP contribution in [0.15, 0.2) is 30.5 Å². The molecule has 1 heterocycles. The fraction of sp³-hybridized carbons (Fsp3) is 0. The summed E-state index contributed by atoms with van der Waals surface area (Å²) in [7, 11) is 0. The molecule has 88 valence electrons. The number of carbonyl (C=O) groups is 1. The van der Waals surface area contributed by atoms with Gasteiger partial charge in [-0.3, -0.25) is 10.0 Å². The number of anilines is 1. The SMILES string of the molecule is Nc1c(C(=O)NO)cnn1-c1ccc(F)cc1. The molecular formula is C10H9FN4O2. The van der Waals surface area contributed by atoms with Crippen molar-refractivity contribution in [2.75, 3.05) is 5.73 Å². The Morgan fingerprint density at radius 1 is 1.41 bits per heavy atom. The van der Waals surface area contributed by atoms with Crippen LogP contribution in [0.2, 0.25) is 0 Å². The molecule has 0 aliphatic rings. The summed E-state index contributed by atoms with van der Waals surface area (Å²) in [5, 5.41) is 12.4. The summed E-state index contributed by atoms with van der Waals surface area (Å²) in [5.41, 5.74) is 7.70. The summed E-state index contributed by atoms with van der Waals surface area (Å²) in [6.07, 6.45) is 1.21. The van der Waals surface area contributed by atoms with E-state index in [-0.39, 0.29) is 17.2 Å². The van der Waals surface area contributed by atoms with Crippen molar-refractivity contribution >= 4 is 11.7 Å². The van der Waals surface area contributed by atoms with Crippen LogP contribution in [0.5, 0.6) is 0 Å². The average molecular weight is 236 g/mol. The van der Waals surface area contributed by atoms with Gasteiger partial charge in [0.2, 0.25) is 0 Å². The number of benzene rings is 1. The second-order valence-corrected chi connectivity index (χ2v) is 3.27. The van der Waals surface area contributed by atoms with Crippen molar-refractivity contribution in [3.63, 3.8) is 0 Å². The molecule has 4 N–H and O–H groups in total. The van der Waals surface area contributed by atoms with Gasteiger partial charge in [-0.25, -0.2) is 14.6 Å². The first-order valence-corrected chi connectivity index (χ1v) is 4.67. The maximum Gasteiger partial charge on any atom is 0.280 e. The smallest absolute Gasteiger partial charge is 0.280 e. The van der Waals surface area contributed by atoms with Crippen LogP contribution in [-0.4, -0.2) is 20.9 Å². The third kappa shape index (κ3) is 1.95. The molecule has 0 unspecified atom stereocenters. The van der Waals surface area contributed by atoms with E-state index in [4.69, 9.17) is 10.9 Å². The topological polar surface area (TPSA) is 93.2 Å². The van der Waals surface area contributed by atoms with Crippen molar-refractivity contribution in [3.05, 3.63) is 41.8 Å². The molecule has 1 aromatic heterocycles. The Morgan fingerprint density at radius 3 is 2.65 bits per heavy atom. The summed E-state index contributed by atoms with van der Waals surface area (Å²) in [5.74, 6) is -1.08.